The second kappa shape index (κ2) is 10.9. The Labute approximate surface area is 152 Å². The smallest absolute Gasteiger partial charge is 0.305 e. The van der Waals surface area contributed by atoms with Gasteiger partial charge in [-0.25, -0.2) is 0 Å². The molecular formula is C18H25N3O5. The number of amides is 3. The van der Waals surface area contributed by atoms with Crippen molar-refractivity contribution in [2.24, 2.45) is 5.73 Å². The maximum Gasteiger partial charge on any atom is 0.305 e. The van der Waals surface area contributed by atoms with Crippen molar-refractivity contribution >= 4 is 23.7 Å². The van der Waals surface area contributed by atoms with E-state index < -0.39 is 23.8 Å². The normalized spacial score (nSPS) is 12.5. The number of esters is 1. The predicted molar refractivity (Wildman–Crippen MR) is 94.6 cm³/mol. The molecule has 4 N–H and O–H groups in total. The highest BCUT2D eigenvalue weighted by molar-refractivity contribution is 5.89. The Balaban J connectivity index is 2.40. The first-order valence-electron chi connectivity index (χ1n) is 8.33. The number of rotatable bonds is 10. The van der Waals surface area contributed by atoms with Crippen molar-refractivity contribution in [3.05, 3.63) is 35.9 Å². The number of benzene rings is 1. The topological polar surface area (TPSA) is 128 Å². The van der Waals surface area contributed by atoms with E-state index >= 15 is 0 Å². The number of nitrogens with two attached hydrogens (primary N) is 1. The highest BCUT2D eigenvalue weighted by Gasteiger charge is 2.20. The van der Waals surface area contributed by atoms with Crippen molar-refractivity contribution in [1.82, 2.24) is 10.6 Å². The van der Waals surface area contributed by atoms with Gasteiger partial charge in [-0.3, -0.25) is 19.2 Å². The fraction of sp³-hybridized carbons (Fsp3) is 0.444. The molecule has 26 heavy (non-hydrogen) atoms. The molecule has 0 aliphatic rings. The van der Waals surface area contributed by atoms with Crippen LogP contribution >= 0.6 is 0 Å². The maximum absolute atomic E-state index is 12.0. The summed E-state index contributed by atoms with van der Waals surface area (Å²) in [6, 6.07) is 8.29. The standard InChI is InChI=1S/C18H25N3O5/c1-12(13-6-4-3-5-7-13)20-15(22)9-10-16(23)21-14(18(19)25)8-11-17(24)26-2/h3-7,12,14H,8-11H2,1-2H3,(H2,19,25)(H,20,22)(H,21,23)/t12-,14-/m1/s1. The van der Waals surface area contributed by atoms with E-state index in [9.17, 15) is 19.2 Å². The molecule has 0 radical (unpaired) electrons. The first-order valence-corrected chi connectivity index (χ1v) is 8.33. The van der Waals surface area contributed by atoms with E-state index in [1.54, 1.807) is 0 Å². The van der Waals surface area contributed by atoms with Gasteiger partial charge in [0.1, 0.15) is 6.04 Å². The molecule has 0 spiro atoms. The number of primary amides is 1. The first kappa shape index (κ1) is 21.1. The lowest BCUT2D eigenvalue weighted by molar-refractivity contribution is -0.141. The van der Waals surface area contributed by atoms with Crippen LogP contribution in [0.15, 0.2) is 30.3 Å². The Morgan fingerprint density at radius 1 is 1.00 bits per heavy atom. The summed E-state index contributed by atoms with van der Waals surface area (Å²) in [5.41, 5.74) is 6.17. The first-order chi connectivity index (χ1) is 12.3. The van der Waals surface area contributed by atoms with E-state index in [-0.39, 0.29) is 37.6 Å². The summed E-state index contributed by atoms with van der Waals surface area (Å²) < 4.78 is 4.48. The highest BCUT2D eigenvalue weighted by atomic mass is 16.5. The van der Waals surface area contributed by atoms with Crippen LogP contribution in [0.5, 0.6) is 0 Å². The zero-order valence-electron chi connectivity index (χ0n) is 15.0. The lowest BCUT2D eigenvalue weighted by Crippen LogP contribution is -2.45. The van der Waals surface area contributed by atoms with E-state index in [2.05, 4.69) is 15.4 Å². The van der Waals surface area contributed by atoms with Crippen molar-refractivity contribution in [3.8, 4) is 0 Å². The summed E-state index contributed by atoms with van der Waals surface area (Å²) in [6.45, 7) is 1.85. The van der Waals surface area contributed by atoms with Crippen molar-refractivity contribution in [2.45, 2.75) is 44.7 Å². The third-order valence-corrected chi connectivity index (χ3v) is 3.80. The Kier molecular flexibility index (Phi) is 8.83. The van der Waals surface area contributed by atoms with Gasteiger partial charge in [0.2, 0.25) is 17.7 Å². The molecule has 8 heteroatoms. The third kappa shape index (κ3) is 7.78. The molecule has 0 aliphatic heterocycles. The molecule has 0 saturated carbocycles. The van der Waals surface area contributed by atoms with Gasteiger partial charge in [0.15, 0.2) is 0 Å². The Morgan fingerprint density at radius 3 is 2.12 bits per heavy atom. The maximum atomic E-state index is 12.0. The molecule has 8 nitrogen and oxygen atoms in total. The van der Waals surface area contributed by atoms with Crippen molar-refractivity contribution in [3.63, 3.8) is 0 Å². The monoisotopic (exact) mass is 363 g/mol. The van der Waals surface area contributed by atoms with E-state index in [0.717, 1.165) is 5.56 Å². The van der Waals surface area contributed by atoms with Crippen LogP contribution in [0.25, 0.3) is 0 Å². The number of carbonyl (C=O) groups excluding carboxylic acids is 4. The Hall–Kier alpha value is -2.90. The van der Waals surface area contributed by atoms with Crippen LogP contribution in [0.2, 0.25) is 0 Å². The van der Waals surface area contributed by atoms with Gasteiger partial charge in [0.05, 0.1) is 13.2 Å². The fourth-order valence-electron chi connectivity index (χ4n) is 2.28. The molecule has 142 valence electrons. The minimum Gasteiger partial charge on any atom is -0.469 e. The Bertz CT molecular complexity index is 633. The molecule has 2 atom stereocenters. The van der Waals surface area contributed by atoms with Crippen molar-refractivity contribution in [2.75, 3.05) is 7.11 Å². The zero-order chi connectivity index (χ0) is 19.5. The SMILES string of the molecule is COC(=O)CC[C@@H](NC(=O)CCC(=O)N[C@H](C)c1ccccc1)C(N)=O. The van der Waals surface area contributed by atoms with Gasteiger partial charge in [-0.05, 0) is 18.9 Å². The summed E-state index contributed by atoms with van der Waals surface area (Å²) in [5.74, 6) is -2.01. The third-order valence-electron chi connectivity index (χ3n) is 3.80. The summed E-state index contributed by atoms with van der Waals surface area (Å²) in [4.78, 5) is 46.3. The van der Waals surface area contributed by atoms with Gasteiger partial charge in [-0.15, -0.1) is 0 Å². The average Bonchev–Trinajstić information content (AvgIpc) is 2.63. The zero-order valence-corrected chi connectivity index (χ0v) is 15.0. The van der Waals surface area contributed by atoms with Crippen LogP contribution in [0.4, 0.5) is 0 Å². The minimum atomic E-state index is -0.979. The summed E-state index contributed by atoms with van der Waals surface area (Å²) in [7, 11) is 1.23. The second-order valence-corrected chi connectivity index (χ2v) is 5.84. The number of nitrogens with one attached hydrogen (secondary N) is 2. The molecular weight excluding hydrogens is 338 g/mol. The Morgan fingerprint density at radius 2 is 1.58 bits per heavy atom. The number of hydrogen-bond acceptors (Lipinski definition) is 5. The van der Waals surface area contributed by atoms with Gasteiger partial charge < -0.3 is 21.1 Å². The van der Waals surface area contributed by atoms with Gasteiger partial charge >= 0.3 is 5.97 Å². The van der Waals surface area contributed by atoms with Gasteiger partial charge in [-0.1, -0.05) is 30.3 Å². The molecule has 0 aromatic heterocycles. The predicted octanol–water partition coefficient (Wildman–Crippen LogP) is 0.567. The van der Waals surface area contributed by atoms with E-state index in [1.807, 2.05) is 37.3 Å². The van der Waals surface area contributed by atoms with Crippen molar-refractivity contribution < 1.29 is 23.9 Å². The molecule has 1 aromatic rings. The fourth-order valence-corrected chi connectivity index (χ4v) is 2.28. The minimum absolute atomic E-state index is 0.0223. The van der Waals surface area contributed by atoms with Gasteiger partial charge in [0, 0.05) is 19.3 Å². The summed E-state index contributed by atoms with van der Waals surface area (Å²) >= 11 is 0. The largest absolute Gasteiger partial charge is 0.469 e. The summed E-state index contributed by atoms with van der Waals surface area (Å²) in [5, 5.41) is 5.24. The molecule has 0 fully saturated rings. The number of ether oxygens (including phenoxy) is 1. The number of carbonyl (C=O) groups is 4. The molecule has 1 rings (SSSR count). The van der Waals surface area contributed by atoms with Crippen LogP contribution in [0.1, 0.15) is 44.2 Å². The molecule has 0 unspecified atom stereocenters. The quantitative estimate of drug-likeness (QED) is 0.524. The molecule has 0 heterocycles. The van der Waals surface area contributed by atoms with Crippen LogP contribution in [-0.2, 0) is 23.9 Å². The van der Waals surface area contributed by atoms with Gasteiger partial charge in [-0.2, -0.15) is 0 Å². The average molecular weight is 363 g/mol. The molecule has 0 aliphatic carbocycles. The number of methoxy groups -OCH3 is 1. The molecule has 0 saturated heterocycles. The van der Waals surface area contributed by atoms with Crippen LogP contribution in [-0.4, -0.2) is 36.8 Å². The van der Waals surface area contributed by atoms with E-state index in [0.29, 0.717) is 0 Å². The van der Waals surface area contributed by atoms with Crippen LogP contribution < -0.4 is 16.4 Å². The second-order valence-electron chi connectivity index (χ2n) is 5.84. The van der Waals surface area contributed by atoms with Crippen molar-refractivity contribution in [1.29, 1.82) is 0 Å². The number of hydrogen-bond donors (Lipinski definition) is 3. The van der Waals surface area contributed by atoms with Gasteiger partial charge in [0.25, 0.3) is 0 Å². The molecule has 3 amide bonds. The van der Waals surface area contributed by atoms with E-state index in [4.69, 9.17) is 5.73 Å². The van der Waals surface area contributed by atoms with Crippen LogP contribution in [0.3, 0.4) is 0 Å². The lowest BCUT2D eigenvalue weighted by atomic mass is 10.1. The highest BCUT2D eigenvalue weighted by Crippen LogP contribution is 2.11. The van der Waals surface area contributed by atoms with Crippen LogP contribution in [0, 0.1) is 0 Å². The van der Waals surface area contributed by atoms with E-state index in [1.165, 1.54) is 7.11 Å². The molecule has 0 bridgehead atoms. The molecule has 1 aromatic carbocycles. The lowest BCUT2D eigenvalue weighted by Gasteiger charge is -2.16. The summed E-state index contributed by atoms with van der Waals surface area (Å²) in [6.07, 6.45) is -0.106.